The van der Waals surface area contributed by atoms with Crippen LogP contribution >= 0.6 is 0 Å². The number of carbonyl (C=O) groups excluding carboxylic acids is 1. The van der Waals surface area contributed by atoms with E-state index in [0.29, 0.717) is 4.90 Å². The fraction of sp³-hybridized carbons (Fsp3) is 0.188. The summed E-state index contributed by atoms with van der Waals surface area (Å²) in [6.07, 6.45) is 0. The number of hydrogen-bond acceptors (Lipinski definition) is 2. The Labute approximate surface area is 124 Å². The first-order valence-electron chi connectivity index (χ1n) is 6.33. The lowest BCUT2D eigenvalue weighted by Crippen LogP contribution is -2.30. The van der Waals surface area contributed by atoms with Gasteiger partial charge >= 0.3 is 5.92 Å². The Morgan fingerprint density at radius 1 is 1.05 bits per heavy atom. The second-order valence-corrected chi connectivity index (χ2v) is 6.12. The van der Waals surface area contributed by atoms with Crippen molar-refractivity contribution in [2.45, 2.75) is 17.7 Å². The quantitative estimate of drug-likeness (QED) is 0.847. The third-order valence-electron chi connectivity index (χ3n) is 3.03. The molecule has 0 aliphatic heterocycles. The molecule has 0 heterocycles. The zero-order valence-corrected chi connectivity index (χ0v) is 12.2. The molecule has 0 radical (unpaired) electrons. The highest BCUT2D eigenvalue weighted by Crippen LogP contribution is 2.29. The van der Waals surface area contributed by atoms with Gasteiger partial charge in [0.05, 0.1) is 16.6 Å². The van der Waals surface area contributed by atoms with Gasteiger partial charge in [0.15, 0.2) is 0 Å². The smallest absolute Gasteiger partial charge is 0.291 e. The summed E-state index contributed by atoms with van der Waals surface area (Å²) >= 11 is 0. The first kappa shape index (κ1) is 15.5. The van der Waals surface area contributed by atoms with Crippen LogP contribution in [-0.2, 0) is 21.5 Å². The van der Waals surface area contributed by atoms with E-state index in [1.807, 2.05) is 6.92 Å². The second kappa shape index (κ2) is 6.26. The number of benzene rings is 2. The van der Waals surface area contributed by atoms with Crippen LogP contribution in [0.4, 0.5) is 8.78 Å². The number of ketones is 1. The molecule has 5 heteroatoms. The Hall–Kier alpha value is -1.88. The minimum atomic E-state index is -3.62. The van der Waals surface area contributed by atoms with Gasteiger partial charge in [-0.1, -0.05) is 48.0 Å². The molecule has 2 aromatic rings. The number of alkyl halides is 2. The molecule has 0 aliphatic carbocycles. The highest BCUT2D eigenvalue weighted by molar-refractivity contribution is 7.85. The number of halogens is 2. The van der Waals surface area contributed by atoms with Crippen molar-refractivity contribution in [2.75, 3.05) is 5.75 Å². The van der Waals surface area contributed by atoms with E-state index < -0.39 is 28.3 Å². The topological polar surface area (TPSA) is 34.1 Å². The van der Waals surface area contributed by atoms with Crippen molar-refractivity contribution in [1.29, 1.82) is 0 Å². The molecule has 0 saturated heterocycles. The SMILES string of the molecule is Cc1ccc(S(=O)CC(=O)C(F)(F)c2ccccc2)cc1. The summed E-state index contributed by atoms with van der Waals surface area (Å²) in [4.78, 5) is 12.1. The molecule has 2 aromatic carbocycles. The van der Waals surface area contributed by atoms with E-state index in [-0.39, 0.29) is 5.56 Å². The van der Waals surface area contributed by atoms with Gasteiger partial charge in [0.1, 0.15) is 0 Å². The molecule has 0 fully saturated rings. The third-order valence-corrected chi connectivity index (χ3v) is 4.35. The Balaban J connectivity index is 2.14. The van der Waals surface area contributed by atoms with Gasteiger partial charge in [-0.3, -0.25) is 9.00 Å². The lowest BCUT2D eigenvalue weighted by atomic mass is 10.1. The Kier molecular flexibility index (Phi) is 4.63. The lowest BCUT2D eigenvalue weighted by molar-refractivity contribution is -0.141. The number of Topliss-reactive ketones (excluding diaryl/α,β-unsaturated/α-hetero) is 1. The van der Waals surface area contributed by atoms with Gasteiger partial charge in [0.2, 0.25) is 5.78 Å². The highest BCUT2D eigenvalue weighted by atomic mass is 32.2. The van der Waals surface area contributed by atoms with Gasteiger partial charge in [-0.15, -0.1) is 0 Å². The van der Waals surface area contributed by atoms with E-state index in [9.17, 15) is 17.8 Å². The fourth-order valence-electron chi connectivity index (χ4n) is 1.79. The molecular weight excluding hydrogens is 294 g/mol. The average molecular weight is 308 g/mol. The van der Waals surface area contributed by atoms with Crippen LogP contribution in [0, 0.1) is 6.92 Å². The molecular formula is C16H14F2O2S. The largest absolute Gasteiger partial charge is 0.331 e. The molecule has 0 N–H and O–H groups in total. The maximum atomic E-state index is 14.0. The molecule has 0 spiro atoms. The van der Waals surface area contributed by atoms with E-state index in [1.165, 1.54) is 24.3 Å². The van der Waals surface area contributed by atoms with Gasteiger partial charge in [-0.25, -0.2) is 0 Å². The van der Waals surface area contributed by atoms with Crippen molar-refractivity contribution in [2.24, 2.45) is 0 Å². The van der Waals surface area contributed by atoms with Crippen molar-refractivity contribution >= 4 is 16.6 Å². The van der Waals surface area contributed by atoms with Crippen LogP contribution in [0.3, 0.4) is 0 Å². The van der Waals surface area contributed by atoms with E-state index in [4.69, 9.17) is 0 Å². The average Bonchev–Trinajstić information content (AvgIpc) is 2.48. The summed E-state index contributed by atoms with van der Waals surface area (Å²) in [5.74, 6) is -5.67. The zero-order chi connectivity index (χ0) is 15.5. The summed E-state index contributed by atoms with van der Waals surface area (Å²) in [5, 5.41) is 0. The van der Waals surface area contributed by atoms with E-state index in [0.717, 1.165) is 5.56 Å². The summed E-state index contributed by atoms with van der Waals surface area (Å²) in [7, 11) is -1.77. The number of rotatable bonds is 5. The Morgan fingerprint density at radius 2 is 1.62 bits per heavy atom. The highest BCUT2D eigenvalue weighted by Gasteiger charge is 2.40. The van der Waals surface area contributed by atoms with Gasteiger partial charge in [0, 0.05) is 10.5 Å². The number of aryl methyl sites for hydroxylation is 1. The van der Waals surface area contributed by atoms with Gasteiger partial charge < -0.3 is 0 Å². The van der Waals surface area contributed by atoms with Crippen molar-refractivity contribution in [3.63, 3.8) is 0 Å². The van der Waals surface area contributed by atoms with E-state index >= 15 is 0 Å². The molecule has 0 aliphatic rings. The Bertz CT molecular complexity index is 652. The van der Waals surface area contributed by atoms with Crippen LogP contribution in [0.15, 0.2) is 59.5 Å². The first-order valence-corrected chi connectivity index (χ1v) is 7.65. The predicted octanol–water partition coefficient (Wildman–Crippen LogP) is 3.46. The van der Waals surface area contributed by atoms with Crippen LogP contribution in [0.25, 0.3) is 0 Å². The predicted molar refractivity (Wildman–Crippen MR) is 77.8 cm³/mol. The second-order valence-electron chi connectivity index (χ2n) is 4.67. The molecule has 2 nitrogen and oxygen atoms in total. The maximum absolute atomic E-state index is 14.0. The minimum absolute atomic E-state index is 0.373. The minimum Gasteiger partial charge on any atom is -0.291 e. The molecule has 110 valence electrons. The van der Waals surface area contributed by atoms with Crippen molar-refractivity contribution in [1.82, 2.24) is 0 Å². The Morgan fingerprint density at radius 3 is 2.19 bits per heavy atom. The zero-order valence-electron chi connectivity index (χ0n) is 11.4. The normalized spacial score (nSPS) is 12.9. The molecule has 0 saturated carbocycles. The van der Waals surface area contributed by atoms with Crippen LogP contribution in [0.2, 0.25) is 0 Å². The van der Waals surface area contributed by atoms with E-state index in [2.05, 4.69) is 0 Å². The molecule has 0 bridgehead atoms. The fourth-order valence-corrected chi connectivity index (χ4v) is 2.82. The molecule has 21 heavy (non-hydrogen) atoms. The molecule has 0 amide bonds. The van der Waals surface area contributed by atoms with Crippen molar-refractivity contribution in [3.05, 3.63) is 65.7 Å². The summed E-state index contributed by atoms with van der Waals surface area (Å²) < 4.78 is 40.0. The summed E-state index contributed by atoms with van der Waals surface area (Å²) in [6.45, 7) is 1.86. The van der Waals surface area contributed by atoms with Crippen LogP contribution < -0.4 is 0 Å². The summed E-state index contributed by atoms with van der Waals surface area (Å²) in [6, 6.07) is 13.5. The van der Waals surface area contributed by atoms with Crippen molar-refractivity contribution < 1.29 is 17.8 Å². The van der Waals surface area contributed by atoms with E-state index in [1.54, 1.807) is 30.3 Å². The first-order chi connectivity index (χ1) is 9.91. The molecule has 2 rings (SSSR count). The molecule has 1 unspecified atom stereocenters. The monoisotopic (exact) mass is 308 g/mol. The van der Waals surface area contributed by atoms with Crippen LogP contribution in [0.1, 0.15) is 11.1 Å². The lowest BCUT2D eigenvalue weighted by Gasteiger charge is -2.15. The third kappa shape index (κ3) is 3.61. The standard InChI is InChI=1S/C16H14F2O2S/c1-12-7-9-14(10-8-12)21(20)11-15(19)16(17,18)13-5-3-2-4-6-13/h2-10H,11H2,1H3. The van der Waals surface area contributed by atoms with Crippen LogP contribution in [-0.4, -0.2) is 15.7 Å². The molecule has 0 aromatic heterocycles. The van der Waals surface area contributed by atoms with Gasteiger partial charge in [0.25, 0.3) is 0 Å². The maximum Gasteiger partial charge on any atom is 0.331 e. The van der Waals surface area contributed by atoms with Crippen molar-refractivity contribution in [3.8, 4) is 0 Å². The van der Waals surface area contributed by atoms with Crippen LogP contribution in [0.5, 0.6) is 0 Å². The summed E-state index contributed by atoms with van der Waals surface area (Å²) in [5.41, 5.74) is 0.590. The number of carbonyl (C=O) groups is 1. The molecule has 1 atom stereocenters. The van der Waals surface area contributed by atoms with Gasteiger partial charge in [-0.2, -0.15) is 8.78 Å². The number of hydrogen-bond donors (Lipinski definition) is 0. The van der Waals surface area contributed by atoms with Gasteiger partial charge in [-0.05, 0) is 19.1 Å².